The molecule has 6 aromatic carbocycles. The minimum absolute atomic E-state index is 0.0105. The monoisotopic (exact) mass is 1490 g/mol. The first-order valence-electron chi connectivity index (χ1n) is 40.1. The van der Waals surface area contributed by atoms with Crippen LogP contribution in [0.15, 0.2) is 222 Å². The van der Waals surface area contributed by atoms with Crippen LogP contribution < -0.4 is 17.2 Å². The van der Waals surface area contributed by atoms with Crippen molar-refractivity contribution in [2.45, 2.75) is 101 Å². The highest BCUT2D eigenvalue weighted by Crippen LogP contribution is 2.46. The second-order valence-electron chi connectivity index (χ2n) is 31.2. The number of aliphatic imine (C=N–C) groups is 3. The third-order valence-electron chi connectivity index (χ3n) is 24.6. The number of nitrogens with two attached hydrogens (primary N) is 3. The maximum atomic E-state index is 12.2. The topological polar surface area (TPSA) is 253 Å². The predicted octanol–water partition coefficient (Wildman–Crippen LogP) is 14.6. The van der Waals surface area contributed by atoms with E-state index in [0.717, 1.165) is 207 Å². The van der Waals surface area contributed by atoms with Crippen molar-refractivity contribution in [3.8, 4) is 56.3 Å². The van der Waals surface area contributed by atoms with Crippen LogP contribution in [-0.4, -0.2) is 184 Å². The quantitative estimate of drug-likeness (QED) is 0.0856. The molecule has 3 aliphatic carbocycles. The zero-order valence-electron chi connectivity index (χ0n) is 63.8. The summed E-state index contributed by atoms with van der Waals surface area (Å²) in [5, 5.41) is 3.29. The van der Waals surface area contributed by atoms with E-state index >= 15 is 0 Å². The summed E-state index contributed by atoms with van der Waals surface area (Å²) in [6, 6.07) is 63.7. The van der Waals surface area contributed by atoms with Gasteiger partial charge in [0, 0.05) is 145 Å². The molecule has 4 aliphatic heterocycles. The minimum Gasteiger partial charge on any atom is -0.466 e. The summed E-state index contributed by atoms with van der Waals surface area (Å²) in [5.41, 5.74) is 35.9. The lowest BCUT2D eigenvalue weighted by Crippen LogP contribution is -2.53. The van der Waals surface area contributed by atoms with E-state index in [9.17, 15) is 4.79 Å². The molecule has 0 spiro atoms. The van der Waals surface area contributed by atoms with Crippen LogP contribution in [-0.2, 0) is 9.53 Å². The summed E-state index contributed by atoms with van der Waals surface area (Å²) in [6.07, 6.45) is 17.3. The molecule has 5 fully saturated rings. The van der Waals surface area contributed by atoms with Gasteiger partial charge < -0.3 is 31.7 Å². The molecule has 20 rings (SSSR count). The number of ether oxygens (including phenoxy) is 1. The Morgan fingerprint density at radius 3 is 1.38 bits per heavy atom. The first kappa shape index (κ1) is 72.1. The van der Waals surface area contributed by atoms with Gasteiger partial charge in [-0.15, -0.1) is 0 Å². The highest BCUT2D eigenvalue weighted by Gasteiger charge is 2.47. The number of amidine groups is 1. The van der Waals surface area contributed by atoms with Crippen molar-refractivity contribution in [1.82, 2.24) is 63.3 Å². The van der Waals surface area contributed by atoms with E-state index in [-0.39, 0.29) is 29.9 Å². The fourth-order valence-electron chi connectivity index (χ4n) is 18.1. The van der Waals surface area contributed by atoms with Crippen LogP contribution >= 0.6 is 0 Å². The molecule has 3 saturated carbocycles. The summed E-state index contributed by atoms with van der Waals surface area (Å²) >= 11 is 0. The highest BCUT2D eigenvalue weighted by molar-refractivity contribution is 6.18. The fraction of sp³-hybridized carbons (Fsp3) is 0.330. The Balaban J connectivity index is 0.000000117. The van der Waals surface area contributed by atoms with Crippen molar-refractivity contribution in [3.63, 3.8) is 0 Å². The fourth-order valence-corrected chi connectivity index (χ4v) is 18.1. The van der Waals surface area contributed by atoms with Crippen molar-refractivity contribution in [2.24, 2.45) is 38.5 Å². The maximum Gasteiger partial charge on any atom is 0.308 e. The van der Waals surface area contributed by atoms with E-state index < -0.39 is 0 Å². The number of likely N-dealkylation sites (N-methyl/N-ethyl adjacent to an activating group) is 2. The van der Waals surface area contributed by atoms with Crippen LogP contribution in [0, 0.1) is 17.8 Å². The van der Waals surface area contributed by atoms with Crippen molar-refractivity contribution in [1.29, 1.82) is 0 Å². The van der Waals surface area contributed by atoms with Crippen molar-refractivity contribution in [3.05, 3.63) is 224 Å². The number of carbonyl (C=O) groups is 1. The predicted molar refractivity (Wildman–Crippen MR) is 448 cm³/mol. The summed E-state index contributed by atoms with van der Waals surface area (Å²) in [7, 11) is 2.21. The molecular weight excluding hydrogens is 1390 g/mol. The molecule has 2 saturated heterocycles. The first-order chi connectivity index (χ1) is 54.9. The minimum atomic E-state index is -0.146. The average molecular weight is 1490 g/mol. The molecule has 566 valence electrons. The van der Waals surface area contributed by atoms with E-state index in [2.05, 4.69) is 185 Å². The van der Waals surface area contributed by atoms with E-state index in [1.165, 1.54) is 26.2 Å². The molecule has 3 atom stereocenters. The number of benzene rings is 6. The molecule has 6 N–H and O–H groups in total. The summed E-state index contributed by atoms with van der Waals surface area (Å²) in [5.74, 6) is 4.75. The van der Waals surface area contributed by atoms with E-state index in [1.807, 2.05) is 73.9 Å². The number of nitrogen functional groups attached to an aromatic ring is 2. The number of rotatable bonds is 14. The summed E-state index contributed by atoms with van der Waals surface area (Å²) < 4.78 is 9.60. The average Bonchev–Trinajstić information content (AvgIpc) is 1.59. The van der Waals surface area contributed by atoms with Crippen LogP contribution in [0.5, 0.6) is 0 Å². The molecule has 21 nitrogen and oxygen atoms in total. The van der Waals surface area contributed by atoms with E-state index in [1.54, 1.807) is 18.7 Å². The van der Waals surface area contributed by atoms with Crippen molar-refractivity contribution in [2.75, 3.05) is 84.0 Å². The van der Waals surface area contributed by atoms with Gasteiger partial charge in [-0.05, 0) is 120 Å². The van der Waals surface area contributed by atoms with Gasteiger partial charge in [0.05, 0.1) is 69.9 Å². The number of anilines is 2. The van der Waals surface area contributed by atoms with E-state index in [0.29, 0.717) is 53.9 Å². The highest BCUT2D eigenvalue weighted by atomic mass is 16.5. The zero-order valence-corrected chi connectivity index (χ0v) is 63.8. The molecule has 0 amide bonds. The maximum absolute atomic E-state index is 12.2. The Morgan fingerprint density at radius 1 is 0.482 bits per heavy atom. The van der Waals surface area contributed by atoms with Gasteiger partial charge in [-0.3, -0.25) is 33.4 Å². The largest absolute Gasteiger partial charge is 0.466 e. The number of pyridine rings is 3. The molecule has 7 aliphatic rings. The van der Waals surface area contributed by atoms with Crippen LogP contribution in [0.3, 0.4) is 0 Å². The second-order valence-corrected chi connectivity index (χ2v) is 31.2. The zero-order chi connectivity index (χ0) is 75.9. The normalized spacial score (nSPS) is 22.8. The summed E-state index contributed by atoms with van der Waals surface area (Å²) in [6.45, 7) is 15.0. The van der Waals surface area contributed by atoms with Gasteiger partial charge in [0.2, 0.25) is 0 Å². The molecule has 11 heterocycles. The molecule has 0 radical (unpaired) electrons. The molecule has 21 heteroatoms. The number of piperazine rings is 2. The number of carbonyl (C=O) groups excluding carboxylic acids is 1. The Labute approximate surface area is 652 Å². The molecule has 7 aromatic heterocycles. The van der Waals surface area contributed by atoms with Crippen LogP contribution in [0.25, 0.3) is 100 Å². The SMILES string of the molecule is CCN1CCN(C2CC(c3nc(-c4ccc5ccc(-c6ccccc6)nc5c4)c4c(N)nccn34)C2)CC1.CCOC(=O)C1CCC([C@@H]2N=C(c3ccc4ccc(-c5ccccc5)nc4c3)C3C(N)=NC=NC32)CC1.CN1CCN(C2CC(c3nc(-c4ccc5ccc(-c6ccccc6)nc5c4)c4c(N)nccn34)C2)CC1. The third-order valence-corrected chi connectivity index (χ3v) is 24.6. The van der Waals surface area contributed by atoms with Crippen LogP contribution in [0.2, 0.25) is 0 Å². The van der Waals surface area contributed by atoms with Gasteiger partial charge in [0.1, 0.15) is 57.9 Å². The smallest absolute Gasteiger partial charge is 0.308 e. The number of hydrogen-bond acceptors (Lipinski definition) is 19. The first-order valence-corrected chi connectivity index (χ1v) is 40.1. The molecular formula is C91H95N19O2. The number of imidazole rings is 2. The number of esters is 1. The molecule has 13 aromatic rings. The van der Waals surface area contributed by atoms with Crippen molar-refractivity contribution >= 4 is 79.2 Å². The van der Waals surface area contributed by atoms with Gasteiger partial charge in [0.15, 0.2) is 0 Å². The number of aromatic nitrogens is 9. The van der Waals surface area contributed by atoms with Crippen LogP contribution in [0.1, 0.15) is 94.3 Å². The number of hydrogen-bond donors (Lipinski definition) is 3. The number of fused-ring (bicyclic) bond motifs is 6. The van der Waals surface area contributed by atoms with Crippen LogP contribution in [0.4, 0.5) is 11.6 Å². The summed E-state index contributed by atoms with van der Waals surface area (Å²) in [4.78, 5) is 71.1. The van der Waals surface area contributed by atoms with Gasteiger partial charge in [-0.25, -0.2) is 39.9 Å². The lowest BCUT2D eigenvalue weighted by molar-refractivity contribution is -0.149. The lowest BCUT2D eigenvalue weighted by Gasteiger charge is -2.46. The Kier molecular flexibility index (Phi) is 20.2. The Hall–Kier alpha value is -11.5. The van der Waals surface area contributed by atoms with Gasteiger partial charge >= 0.3 is 5.97 Å². The standard InChI is InChI=1S/C31H33N7.C30H31N7.C30H31N5O2/c1-2-36-14-16-37(17-15-36)25-18-24(19-25)31-35-28(29-30(32)33-12-13-38(29)31)23-9-8-22-10-11-26(34-27(22)20-23)21-6-4-3-5-7-21;1-35-13-15-36(16-14-35)24-17-23(18-24)30-34-27(28-29(31)32-11-12-37(28)30)22-8-7-21-9-10-25(33-26(21)19-22)20-5-3-2-4-6-20;1-2-37-30(36)21-11-9-20(10-12-21)27-28-25(29(31)33-17-32-28)26(35-27)22-13-8-19-14-15-23(34-24(19)16-22)18-6-4-3-5-7-18/h3-13,20,24-25H,2,14-19H2,1H3,(H2,32,33);2-12,19,23-24H,13-18H2,1H3,(H2,31,32);3-8,13-17,20-21,25,27-28H,2,9-12H2,1H3,(H2,31,32,33)/t;;20?,21?,25?,27-,28?/m..0/s1. The number of nitrogens with zero attached hydrogens (tertiary/aromatic N) is 16. The Bertz CT molecular complexity index is 5690. The van der Waals surface area contributed by atoms with Crippen molar-refractivity contribution < 1.29 is 9.53 Å². The molecule has 112 heavy (non-hydrogen) atoms. The van der Waals surface area contributed by atoms with Gasteiger partial charge in [-0.1, -0.05) is 153 Å². The van der Waals surface area contributed by atoms with Gasteiger partial charge in [-0.2, -0.15) is 0 Å². The lowest BCUT2D eigenvalue weighted by atomic mass is 9.75. The Morgan fingerprint density at radius 2 is 0.920 bits per heavy atom. The van der Waals surface area contributed by atoms with E-state index in [4.69, 9.17) is 56.8 Å². The van der Waals surface area contributed by atoms with Gasteiger partial charge in [0.25, 0.3) is 0 Å². The molecule has 2 unspecified atom stereocenters. The molecule has 0 bridgehead atoms. The third kappa shape index (κ3) is 14.3. The second kappa shape index (κ2) is 31.3.